The number of fused-ring (bicyclic) bond motifs is 1. The maximum Gasteiger partial charge on any atom is 0.416 e. The van der Waals surface area contributed by atoms with Gasteiger partial charge in [0, 0.05) is 31.5 Å². The molecule has 4 rings (SSSR count). The predicted molar refractivity (Wildman–Crippen MR) is 104 cm³/mol. The van der Waals surface area contributed by atoms with Gasteiger partial charge in [-0.3, -0.25) is 0 Å². The fourth-order valence-electron chi connectivity index (χ4n) is 3.60. The number of aromatic nitrogens is 1. The number of pyridine rings is 1. The fraction of sp³-hybridized carbons (Fsp3) is 0.250. The van der Waals surface area contributed by atoms with Gasteiger partial charge < -0.3 is 15.5 Å². The highest BCUT2D eigenvalue weighted by atomic mass is 35.5. The highest BCUT2D eigenvalue weighted by Crippen LogP contribution is 2.35. The van der Waals surface area contributed by atoms with E-state index in [1.807, 2.05) is 11.0 Å². The lowest BCUT2D eigenvalue weighted by molar-refractivity contribution is -0.137. The number of rotatable bonds is 2. The van der Waals surface area contributed by atoms with Crippen molar-refractivity contribution in [3.8, 4) is 0 Å². The first-order valence-electron chi connectivity index (χ1n) is 8.83. The molecule has 2 N–H and O–H groups in total. The van der Waals surface area contributed by atoms with Gasteiger partial charge in [-0.1, -0.05) is 17.7 Å². The van der Waals surface area contributed by atoms with Gasteiger partial charge in [0.25, 0.3) is 0 Å². The number of halogens is 4. The zero-order chi connectivity index (χ0) is 19.9. The second kappa shape index (κ2) is 7.05. The van der Waals surface area contributed by atoms with E-state index in [2.05, 4.69) is 16.0 Å². The van der Waals surface area contributed by atoms with Crippen LogP contribution in [0.4, 0.5) is 24.7 Å². The predicted octanol–water partition coefficient (Wildman–Crippen LogP) is 4.58. The number of alkyl halides is 3. The van der Waals surface area contributed by atoms with Crippen molar-refractivity contribution < 1.29 is 13.2 Å². The number of benzene rings is 1. The number of hydrogen-bond donors (Lipinski definition) is 1. The molecular formula is C20H18ClF3N4. The van der Waals surface area contributed by atoms with Crippen LogP contribution in [0.15, 0.2) is 65.6 Å². The van der Waals surface area contributed by atoms with Crippen LogP contribution >= 0.6 is 11.6 Å². The van der Waals surface area contributed by atoms with Gasteiger partial charge in [-0.2, -0.15) is 13.2 Å². The van der Waals surface area contributed by atoms with Crippen molar-refractivity contribution in [1.29, 1.82) is 0 Å². The Morgan fingerprint density at radius 2 is 1.86 bits per heavy atom. The zero-order valence-electron chi connectivity index (χ0n) is 14.9. The van der Waals surface area contributed by atoms with Gasteiger partial charge in [0.05, 0.1) is 10.6 Å². The minimum atomic E-state index is -4.35. The van der Waals surface area contributed by atoms with Crippen LogP contribution in [0.5, 0.6) is 0 Å². The number of piperidine rings is 1. The molecule has 146 valence electrons. The van der Waals surface area contributed by atoms with Gasteiger partial charge in [0.15, 0.2) is 0 Å². The Hall–Kier alpha value is -2.67. The first kappa shape index (κ1) is 18.7. The van der Waals surface area contributed by atoms with Crippen molar-refractivity contribution in [3.63, 3.8) is 0 Å². The van der Waals surface area contributed by atoms with Gasteiger partial charge in [0.2, 0.25) is 0 Å². The van der Waals surface area contributed by atoms with E-state index in [0.717, 1.165) is 29.1 Å². The summed E-state index contributed by atoms with van der Waals surface area (Å²) in [5, 5.41) is 0.602. The third-order valence-corrected chi connectivity index (χ3v) is 5.34. The molecule has 0 amide bonds. The number of anilines is 2. The molecule has 0 saturated carbocycles. The molecule has 8 heteroatoms. The maximum absolute atomic E-state index is 12.8. The van der Waals surface area contributed by atoms with Crippen molar-refractivity contribution in [2.75, 3.05) is 29.4 Å². The summed E-state index contributed by atoms with van der Waals surface area (Å²) in [4.78, 5) is 8.31. The summed E-state index contributed by atoms with van der Waals surface area (Å²) >= 11 is 6.26. The highest BCUT2D eigenvalue weighted by Gasteiger charge is 2.31. The summed E-state index contributed by atoms with van der Waals surface area (Å²) in [5.41, 5.74) is 8.49. The summed E-state index contributed by atoms with van der Waals surface area (Å²) in [6.07, 6.45) is 0.133. The van der Waals surface area contributed by atoms with Gasteiger partial charge >= 0.3 is 6.18 Å². The van der Waals surface area contributed by atoms with Crippen molar-refractivity contribution in [2.45, 2.75) is 12.6 Å². The van der Waals surface area contributed by atoms with E-state index in [1.54, 1.807) is 12.3 Å². The molecule has 0 bridgehead atoms. The molecule has 3 heterocycles. The van der Waals surface area contributed by atoms with E-state index in [9.17, 15) is 13.2 Å². The normalized spacial score (nSPS) is 17.5. The molecule has 0 unspecified atom stereocenters. The molecule has 1 aromatic carbocycles. The SMILES string of the molecule is NC1=C2CCN(c3ncccc3Cl)CC2=CCN1c1ccc(C(F)(F)F)cc1. The van der Waals surface area contributed by atoms with E-state index in [-0.39, 0.29) is 0 Å². The Balaban J connectivity index is 1.55. The van der Waals surface area contributed by atoms with Crippen LogP contribution in [0, 0.1) is 0 Å². The second-order valence-electron chi connectivity index (χ2n) is 6.73. The highest BCUT2D eigenvalue weighted by molar-refractivity contribution is 6.32. The van der Waals surface area contributed by atoms with Crippen LogP contribution in [-0.2, 0) is 6.18 Å². The lowest BCUT2D eigenvalue weighted by Gasteiger charge is -2.38. The monoisotopic (exact) mass is 406 g/mol. The van der Waals surface area contributed by atoms with Crippen molar-refractivity contribution in [2.24, 2.45) is 5.73 Å². The van der Waals surface area contributed by atoms with Crippen LogP contribution < -0.4 is 15.5 Å². The van der Waals surface area contributed by atoms with Crippen LogP contribution in [0.25, 0.3) is 0 Å². The molecular weight excluding hydrogens is 389 g/mol. The minimum absolute atomic E-state index is 0.500. The van der Waals surface area contributed by atoms with Crippen LogP contribution in [0.2, 0.25) is 5.02 Å². The number of nitrogens with two attached hydrogens (primary N) is 1. The summed E-state index contributed by atoms with van der Waals surface area (Å²) < 4.78 is 38.4. The third kappa shape index (κ3) is 3.42. The first-order valence-corrected chi connectivity index (χ1v) is 9.20. The Bertz CT molecular complexity index is 951. The van der Waals surface area contributed by atoms with Gasteiger partial charge in [-0.25, -0.2) is 4.98 Å². The van der Waals surface area contributed by atoms with Crippen molar-refractivity contribution >= 4 is 23.1 Å². The van der Waals surface area contributed by atoms with Gasteiger partial charge in [0.1, 0.15) is 11.6 Å². The third-order valence-electron chi connectivity index (χ3n) is 5.05. The molecule has 2 aliphatic heterocycles. The molecule has 0 atom stereocenters. The molecule has 0 radical (unpaired) electrons. The molecule has 2 aliphatic rings. The number of nitrogens with zero attached hydrogens (tertiary/aromatic N) is 3. The van der Waals surface area contributed by atoms with E-state index in [1.165, 1.54) is 12.1 Å². The fourth-order valence-corrected chi connectivity index (χ4v) is 3.84. The standard InChI is InChI=1S/C20H18ClF3N4/c21-17-2-1-9-26-19(17)27-10-8-16-13(12-27)7-11-28(18(16)25)15-5-3-14(4-6-15)20(22,23)24/h1-7,9H,8,10-12,25H2. The van der Waals surface area contributed by atoms with Crippen LogP contribution in [0.3, 0.4) is 0 Å². The van der Waals surface area contributed by atoms with Crippen LogP contribution in [-0.4, -0.2) is 24.6 Å². The zero-order valence-corrected chi connectivity index (χ0v) is 15.6. The quantitative estimate of drug-likeness (QED) is 0.792. The molecule has 28 heavy (non-hydrogen) atoms. The lowest BCUT2D eigenvalue weighted by Crippen LogP contribution is -2.40. The average molecular weight is 407 g/mol. The summed E-state index contributed by atoms with van der Waals surface area (Å²) in [7, 11) is 0. The Labute approximate surface area is 165 Å². The molecule has 4 nitrogen and oxygen atoms in total. The molecule has 2 aromatic rings. The Morgan fingerprint density at radius 3 is 2.54 bits per heavy atom. The summed E-state index contributed by atoms with van der Waals surface area (Å²) in [6, 6.07) is 8.68. The largest absolute Gasteiger partial charge is 0.416 e. The topological polar surface area (TPSA) is 45.4 Å². The van der Waals surface area contributed by atoms with E-state index in [4.69, 9.17) is 17.3 Å². The molecule has 1 fully saturated rings. The second-order valence-corrected chi connectivity index (χ2v) is 7.14. The van der Waals surface area contributed by atoms with E-state index >= 15 is 0 Å². The van der Waals surface area contributed by atoms with Gasteiger partial charge in [-0.05, 0) is 54.0 Å². The first-order chi connectivity index (χ1) is 13.3. The summed E-state index contributed by atoms with van der Waals surface area (Å²) in [6.45, 7) is 1.86. The van der Waals surface area contributed by atoms with E-state index in [0.29, 0.717) is 42.6 Å². The number of hydrogen-bond acceptors (Lipinski definition) is 4. The smallest absolute Gasteiger partial charge is 0.385 e. The Kier molecular flexibility index (Phi) is 4.71. The Morgan fingerprint density at radius 1 is 1.11 bits per heavy atom. The molecule has 1 saturated heterocycles. The molecule has 0 aliphatic carbocycles. The van der Waals surface area contributed by atoms with Crippen molar-refractivity contribution in [3.05, 3.63) is 76.2 Å². The molecule has 0 spiro atoms. The maximum atomic E-state index is 12.8. The molecule has 1 aromatic heterocycles. The summed E-state index contributed by atoms with van der Waals surface area (Å²) in [5.74, 6) is 1.33. The minimum Gasteiger partial charge on any atom is -0.385 e. The van der Waals surface area contributed by atoms with Crippen LogP contribution in [0.1, 0.15) is 12.0 Å². The van der Waals surface area contributed by atoms with E-state index < -0.39 is 11.7 Å². The lowest BCUT2D eigenvalue weighted by atomic mass is 9.94. The van der Waals surface area contributed by atoms with Gasteiger partial charge in [-0.15, -0.1) is 0 Å². The van der Waals surface area contributed by atoms with Crippen molar-refractivity contribution in [1.82, 2.24) is 4.98 Å². The average Bonchev–Trinajstić information content (AvgIpc) is 2.68.